The van der Waals surface area contributed by atoms with Crippen molar-refractivity contribution < 1.29 is 4.74 Å². The molecule has 1 heterocycles. The molecule has 0 aliphatic carbocycles. The summed E-state index contributed by atoms with van der Waals surface area (Å²) in [6.07, 6.45) is 0. The topological polar surface area (TPSA) is 45.0 Å². The van der Waals surface area contributed by atoms with Crippen molar-refractivity contribution in [2.24, 2.45) is 0 Å². The number of hydrogen-bond donors (Lipinski definition) is 1. The molecule has 4 heteroatoms. The summed E-state index contributed by atoms with van der Waals surface area (Å²) in [6, 6.07) is 12.1. The summed E-state index contributed by atoms with van der Waals surface area (Å²) in [5, 5.41) is 13.9. The number of nitrogens with zero attached hydrogens (tertiary/aromatic N) is 1. The Balaban J connectivity index is 1.66. The number of aryl methyl sites for hydroxylation is 1. The van der Waals surface area contributed by atoms with Gasteiger partial charge in [0.25, 0.3) is 0 Å². The molecule has 0 aliphatic heterocycles. The van der Waals surface area contributed by atoms with Crippen molar-refractivity contribution in [3.63, 3.8) is 0 Å². The van der Waals surface area contributed by atoms with Gasteiger partial charge in [0.2, 0.25) is 0 Å². The van der Waals surface area contributed by atoms with Gasteiger partial charge in [0.05, 0.1) is 5.56 Å². The van der Waals surface area contributed by atoms with Gasteiger partial charge in [-0.15, -0.1) is 11.3 Å². The largest absolute Gasteiger partial charge is 0.492 e. The lowest BCUT2D eigenvalue weighted by molar-refractivity contribution is 0.313. The van der Waals surface area contributed by atoms with E-state index in [9.17, 15) is 0 Å². The predicted molar refractivity (Wildman–Crippen MR) is 77.4 cm³/mol. The quantitative estimate of drug-likeness (QED) is 0.822. The highest BCUT2D eigenvalue weighted by atomic mass is 32.1. The maximum Gasteiger partial charge on any atom is 0.119 e. The molecule has 0 saturated heterocycles. The average molecular weight is 272 g/mol. The van der Waals surface area contributed by atoms with Crippen molar-refractivity contribution in [2.75, 3.05) is 13.2 Å². The van der Waals surface area contributed by atoms with E-state index in [1.807, 2.05) is 29.6 Å². The molecule has 3 nitrogen and oxygen atoms in total. The fraction of sp³-hybridized carbons (Fsp3) is 0.267. The Labute approximate surface area is 117 Å². The zero-order valence-corrected chi connectivity index (χ0v) is 11.7. The number of rotatable bonds is 6. The van der Waals surface area contributed by atoms with E-state index in [-0.39, 0.29) is 0 Å². The van der Waals surface area contributed by atoms with Crippen LogP contribution >= 0.6 is 11.3 Å². The molecule has 0 radical (unpaired) electrons. The fourth-order valence-corrected chi connectivity index (χ4v) is 2.47. The molecule has 2 aromatic rings. The number of thiophene rings is 1. The first-order chi connectivity index (χ1) is 9.28. The van der Waals surface area contributed by atoms with Crippen molar-refractivity contribution in [1.29, 1.82) is 5.26 Å². The Morgan fingerprint density at radius 3 is 3.00 bits per heavy atom. The van der Waals surface area contributed by atoms with Crippen molar-refractivity contribution in [1.82, 2.24) is 5.32 Å². The van der Waals surface area contributed by atoms with E-state index in [0.29, 0.717) is 6.61 Å². The van der Waals surface area contributed by atoms with Crippen LogP contribution in [-0.2, 0) is 6.54 Å². The Morgan fingerprint density at radius 2 is 2.26 bits per heavy atom. The van der Waals surface area contributed by atoms with Gasteiger partial charge in [-0.25, -0.2) is 0 Å². The molecule has 0 unspecified atom stereocenters. The molecule has 2 rings (SSSR count). The van der Waals surface area contributed by atoms with Gasteiger partial charge in [-0.05, 0) is 30.7 Å². The number of hydrogen-bond acceptors (Lipinski definition) is 4. The number of nitriles is 1. The van der Waals surface area contributed by atoms with Crippen LogP contribution in [0.15, 0.2) is 35.7 Å². The summed E-state index contributed by atoms with van der Waals surface area (Å²) >= 11 is 1.60. The summed E-state index contributed by atoms with van der Waals surface area (Å²) in [5.74, 6) is 0.907. The van der Waals surface area contributed by atoms with Gasteiger partial charge in [0.1, 0.15) is 18.4 Å². The number of nitrogens with one attached hydrogen (secondary N) is 1. The molecule has 98 valence electrons. The van der Waals surface area contributed by atoms with Gasteiger partial charge in [-0.3, -0.25) is 0 Å². The van der Waals surface area contributed by atoms with Crippen LogP contribution in [0.3, 0.4) is 0 Å². The smallest absolute Gasteiger partial charge is 0.119 e. The second-order valence-corrected chi connectivity index (χ2v) is 5.25. The summed E-state index contributed by atoms with van der Waals surface area (Å²) < 4.78 is 5.64. The van der Waals surface area contributed by atoms with E-state index in [0.717, 1.165) is 24.4 Å². The second-order valence-electron chi connectivity index (χ2n) is 4.26. The van der Waals surface area contributed by atoms with Gasteiger partial charge in [-0.1, -0.05) is 12.1 Å². The molecule has 0 aliphatic rings. The summed E-state index contributed by atoms with van der Waals surface area (Å²) in [6.45, 7) is 4.26. The first-order valence-electron chi connectivity index (χ1n) is 6.15. The molecule has 1 aromatic carbocycles. The van der Waals surface area contributed by atoms with Gasteiger partial charge in [0, 0.05) is 23.3 Å². The SMILES string of the molecule is Cc1cccc(OCCNCc2cc(C#N)cs2)c1. The Morgan fingerprint density at radius 1 is 1.37 bits per heavy atom. The minimum atomic E-state index is 0.639. The van der Waals surface area contributed by atoms with E-state index >= 15 is 0 Å². The molecule has 0 bridgehead atoms. The molecule has 0 fully saturated rings. The van der Waals surface area contributed by atoms with E-state index in [4.69, 9.17) is 10.00 Å². The molecule has 19 heavy (non-hydrogen) atoms. The van der Waals surface area contributed by atoms with Crippen LogP contribution in [0.5, 0.6) is 5.75 Å². The first-order valence-corrected chi connectivity index (χ1v) is 7.03. The monoisotopic (exact) mass is 272 g/mol. The van der Waals surface area contributed by atoms with Crippen molar-refractivity contribution in [3.8, 4) is 11.8 Å². The molecule has 1 aromatic heterocycles. The molecular formula is C15H16N2OS. The minimum absolute atomic E-state index is 0.639. The average Bonchev–Trinajstić information content (AvgIpc) is 2.86. The van der Waals surface area contributed by atoms with E-state index < -0.39 is 0 Å². The lowest BCUT2D eigenvalue weighted by Crippen LogP contribution is -2.20. The molecule has 0 saturated carbocycles. The normalized spacial score (nSPS) is 10.1. The highest BCUT2D eigenvalue weighted by Gasteiger charge is 1.98. The molecule has 1 N–H and O–H groups in total. The molecule has 0 amide bonds. The summed E-state index contributed by atoms with van der Waals surface area (Å²) in [4.78, 5) is 1.17. The van der Waals surface area contributed by atoms with Crippen molar-refractivity contribution in [3.05, 3.63) is 51.7 Å². The maximum atomic E-state index is 8.73. The van der Waals surface area contributed by atoms with Crippen LogP contribution in [0.1, 0.15) is 16.0 Å². The lowest BCUT2D eigenvalue weighted by Gasteiger charge is -2.07. The van der Waals surface area contributed by atoms with Crippen molar-refractivity contribution >= 4 is 11.3 Å². The minimum Gasteiger partial charge on any atom is -0.492 e. The highest BCUT2D eigenvalue weighted by molar-refractivity contribution is 7.10. The summed E-state index contributed by atoms with van der Waals surface area (Å²) in [7, 11) is 0. The molecule has 0 spiro atoms. The van der Waals surface area contributed by atoms with E-state index in [1.165, 1.54) is 10.4 Å². The number of benzene rings is 1. The van der Waals surface area contributed by atoms with Crippen LogP contribution in [-0.4, -0.2) is 13.2 Å². The third kappa shape index (κ3) is 4.40. The van der Waals surface area contributed by atoms with Gasteiger partial charge in [0.15, 0.2) is 0 Å². The fourth-order valence-electron chi connectivity index (χ4n) is 1.69. The third-order valence-corrected chi connectivity index (χ3v) is 3.56. The predicted octanol–water partition coefficient (Wildman–Crippen LogP) is 3.10. The van der Waals surface area contributed by atoms with Crippen molar-refractivity contribution in [2.45, 2.75) is 13.5 Å². The Kier molecular flexibility index (Phi) is 4.96. The lowest BCUT2D eigenvalue weighted by atomic mass is 10.2. The van der Waals surface area contributed by atoms with Crippen LogP contribution in [0.25, 0.3) is 0 Å². The highest BCUT2D eigenvalue weighted by Crippen LogP contribution is 2.13. The van der Waals surface area contributed by atoms with Crippen LogP contribution in [0.2, 0.25) is 0 Å². The van der Waals surface area contributed by atoms with E-state index in [1.54, 1.807) is 11.3 Å². The maximum absolute atomic E-state index is 8.73. The van der Waals surface area contributed by atoms with Gasteiger partial charge in [-0.2, -0.15) is 5.26 Å². The Hall–Kier alpha value is -1.83. The summed E-state index contributed by atoms with van der Waals surface area (Å²) in [5.41, 5.74) is 1.94. The second kappa shape index (κ2) is 6.93. The standard InChI is InChI=1S/C15H16N2OS/c1-12-3-2-4-14(7-12)18-6-5-17-10-15-8-13(9-16)11-19-15/h2-4,7-8,11,17H,5-6,10H2,1H3. The molecular weight excluding hydrogens is 256 g/mol. The van der Waals surface area contributed by atoms with Crippen LogP contribution < -0.4 is 10.1 Å². The Bertz CT molecular complexity index is 572. The zero-order valence-electron chi connectivity index (χ0n) is 10.8. The molecule has 0 atom stereocenters. The van der Waals surface area contributed by atoms with Crippen LogP contribution in [0.4, 0.5) is 0 Å². The van der Waals surface area contributed by atoms with Crippen LogP contribution in [0, 0.1) is 18.3 Å². The van der Waals surface area contributed by atoms with Gasteiger partial charge >= 0.3 is 0 Å². The van der Waals surface area contributed by atoms with Gasteiger partial charge < -0.3 is 10.1 Å². The van der Waals surface area contributed by atoms with E-state index in [2.05, 4.69) is 24.4 Å². The first kappa shape index (κ1) is 13.6. The zero-order chi connectivity index (χ0) is 13.5. The number of ether oxygens (including phenoxy) is 1. The third-order valence-electron chi connectivity index (χ3n) is 2.62.